The average molecular weight is 382 g/mol. The Morgan fingerprint density at radius 2 is 1.97 bits per heavy atom. The van der Waals surface area contributed by atoms with Crippen molar-refractivity contribution in [2.24, 2.45) is 5.73 Å². The molecule has 2 aromatic heterocycles. The number of hydrogen-bond donors (Lipinski definition) is 3. The van der Waals surface area contributed by atoms with Crippen LogP contribution >= 0.6 is 0 Å². The fourth-order valence-electron chi connectivity index (χ4n) is 3.19. The van der Waals surface area contributed by atoms with Gasteiger partial charge in [-0.15, -0.1) is 0 Å². The second-order valence-corrected chi connectivity index (χ2v) is 6.52. The number of nitrogens with zero attached hydrogens (tertiary/aromatic N) is 3. The van der Waals surface area contributed by atoms with Crippen LogP contribution < -0.4 is 11.1 Å². The number of aryl methyl sites for hydroxylation is 1. The predicted octanol–water partition coefficient (Wildman–Crippen LogP) is 3.90. The second kappa shape index (κ2) is 7.44. The third-order valence-electron chi connectivity index (χ3n) is 4.72. The molecule has 4 aromatic rings. The maximum atomic E-state index is 12.0. The summed E-state index contributed by atoms with van der Waals surface area (Å²) in [6.07, 6.45) is 2.28. The Balaban J connectivity index is 1.86. The molecule has 4 rings (SSSR count). The number of anilines is 2. The molecule has 0 saturated heterocycles. The zero-order valence-electron chi connectivity index (χ0n) is 15.7. The molecule has 4 N–H and O–H groups in total. The number of hydrogen-bond acceptors (Lipinski definition) is 5. The number of imidazole rings is 1. The molecular weight excluding hydrogens is 364 g/mol. The largest absolute Gasteiger partial charge is 0.365 e. The number of aromatic nitrogens is 3. The fourth-order valence-corrected chi connectivity index (χ4v) is 3.19. The minimum atomic E-state index is -0.584. The van der Waals surface area contributed by atoms with Crippen LogP contribution in [0, 0.1) is 11.3 Å². The number of para-hydroxylation sites is 1. The van der Waals surface area contributed by atoms with Crippen LogP contribution in [0.3, 0.4) is 0 Å². The van der Waals surface area contributed by atoms with Gasteiger partial charge in [-0.3, -0.25) is 4.79 Å². The Bertz CT molecular complexity index is 1250. The SMILES string of the molecule is CCc1ccccc1Nc1c(C(N)=O)cnc2[nH]c(-c3ccc(C#N)cc3)nc12. The van der Waals surface area contributed by atoms with E-state index in [1.54, 1.807) is 12.1 Å². The zero-order chi connectivity index (χ0) is 20.4. The third-order valence-corrected chi connectivity index (χ3v) is 4.72. The lowest BCUT2D eigenvalue weighted by Gasteiger charge is -2.13. The highest BCUT2D eigenvalue weighted by Gasteiger charge is 2.18. The number of H-pyrrole nitrogens is 1. The first-order valence-corrected chi connectivity index (χ1v) is 9.14. The molecule has 7 heteroatoms. The summed E-state index contributed by atoms with van der Waals surface area (Å²) < 4.78 is 0. The number of nitriles is 1. The van der Waals surface area contributed by atoms with Gasteiger partial charge in [-0.25, -0.2) is 9.97 Å². The number of rotatable bonds is 5. The molecule has 0 aliphatic rings. The lowest BCUT2D eigenvalue weighted by Crippen LogP contribution is -2.14. The molecule has 0 fully saturated rings. The van der Waals surface area contributed by atoms with Crippen molar-refractivity contribution in [2.45, 2.75) is 13.3 Å². The van der Waals surface area contributed by atoms with Crippen molar-refractivity contribution in [3.05, 3.63) is 71.4 Å². The summed E-state index contributed by atoms with van der Waals surface area (Å²) in [6.45, 7) is 2.06. The molecule has 142 valence electrons. The minimum absolute atomic E-state index is 0.265. The second-order valence-electron chi connectivity index (χ2n) is 6.52. The number of carbonyl (C=O) groups excluding carboxylic acids is 1. The number of carbonyl (C=O) groups is 1. The lowest BCUT2D eigenvalue weighted by atomic mass is 10.1. The molecule has 7 nitrogen and oxygen atoms in total. The summed E-state index contributed by atoms with van der Waals surface area (Å²) in [5.41, 5.74) is 10.8. The quantitative estimate of drug-likeness (QED) is 0.483. The van der Waals surface area contributed by atoms with Gasteiger partial charge in [0.2, 0.25) is 0 Å². The molecule has 2 heterocycles. The van der Waals surface area contributed by atoms with Crippen LogP contribution in [0.5, 0.6) is 0 Å². The van der Waals surface area contributed by atoms with Gasteiger partial charge in [0.05, 0.1) is 22.9 Å². The van der Waals surface area contributed by atoms with Crippen LogP contribution in [-0.2, 0) is 6.42 Å². The fraction of sp³-hybridized carbons (Fsp3) is 0.0909. The molecule has 0 aliphatic carbocycles. The van der Waals surface area contributed by atoms with Gasteiger partial charge in [0, 0.05) is 17.4 Å². The lowest BCUT2D eigenvalue weighted by molar-refractivity contribution is 0.100. The topological polar surface area (TPSA) is 120 Å². The Morgan fingerprint density at radius 3 is 2.66 bits per heavy atom. The van der Waals surface area contributed by atoms with Gasteiger partial charge in [-0.05, 0) is 42.3 Å². The first-order valence-electron chi connectivity index (χ1n) is 9.14. The molecule has 0 bridgehead atoms. The molecule has 2 aromatic carbocycles. The zero-order valence-corrected chi connectivity index (χ0v) is 15.7. The number of primary amides is 1. The monoisotopic (exact) mass is 382 g/mol. The van der Waals surface area contributed by atoms with Crippen LogP contribution in [0.2, 0.25) is 0 Å². The van der Waals surface area contributed by atoms with E-state index in [9.17, 15) is 4.79 Å². The maximum Gasteiger partial charge on any atom is 0.252 e. The van der Waals surface area contributed by atoms with Crippen molar-refractivity contribution in [2.75, 3.05) is 5.32 Å². The van der Waals surface area contributed by atoms with Gasteiger partial charge in [0.15, 0.2) is 5.65 Å². The normalized spacial score (nSPS) is 10.6. The molecule has 0 atom stereocenters. The molecule has 0 aliphatic heterocycles. The number of benzene rings is 2. The van der Waals surface area contributed by atoms with Crippen LogP contribution in [-0.4, -0.2) is 20.9 Å². The Morgan fingerprint density at radius 1 is 1.21 bits per heavy atom. The first kappa shape index (κ1) is 18.2. The van der Waals surface area contributed by atoms with Gasteiger partial charge in [0.1, 0.15) is 11.3 Å². The number of nitrogens with one attached hydrogen (secondary N) is 2. The summed E-state index contributed by atoms with van der Waals surface area (Å²) in [7, 11) is 0. The smallest absolute Gasteiger partial charge is 0.252 e. The molecule has 0 spiro atoms. The average Bonchev–Trinajstić information content (AvgIpc) is 3.19. The van der Waals surface area contributed by atoms with Crippen molar-refractivity contribution < 1.29 is 4.79 Å². The van der Waals surface area contributed by atoms with Crippen LogP contribution in [0.1, 0.15) is 28.4 Å². The minimum Gasteiger partial charge on any atom is -0.365 e. The van der Waals surface area contributed by atoms with Crippen molar-refractivity contribution in [3.8, 4) is 17.5 Å². The number of amides is 1. The van der Waals surface area contributed by atoms with Gasteiger partial charge in [-0.2, -0.15) is 5.26 Å². The summed E-state index contributed by atoms with van der Waals surface area (Å²) in [4.78, 5) is 24.2. The Kier molecular flexibility index (Phi) is 4.67. The summed E-state index contributed by atoms with van der Waals surface area (Å²) >= 11 is 0. The molecule has 29 heavy (non-hydrogen) atoms. The van der Waals surface area contributed by atoms with E-state index in [4.69, 9.17) is 11.0 Å². The predicted molar refractivity (Wildman–Crippen MR) is 112 cm³/mol. The number of pyridine rings is 1. The number of nitrogens with two attached hydrogens (primary N) is 1. The van der Waals surface area contributed by atoms with E-state index < -0.39 is 5.91 Å². The third kappa shape index (κ3) is 3.39. The van der Waals surface area contributed by atoms with Crippen LogP contribution in [0.25, 0.3) is 22.6 Å². The highest BCUT2D eigenvalue weighted by Crippen LogP contribution is 2.31. The van der Waals surface area contributed by atoms with Gasteiger partial charge < -0.3 is 16.0 Å². The van der Waals surface area contributed by atoms with Crippen molar-refractivity contribution in [1.82, 2.24) is 15.0 Å². The van der Waals surface area contributed by atoms with Gasteiger partial charge in [-0.1, -0.05) is 25.1 Å². The Hall–Kier alpha value is -4.18. The van der Waals surface area contributed by atoms with Crippen LogP contribution in [0.15, 0.2) is 54.7 Å². The van der Waals surface area contributed by atoms with E-state index in [-0.39, 0.29) is 5.56 Å². The molecule has 0 saturated carbocycles. The van der Waals surface area contributed by atoms with E-state index in [2.05, 4.69) is 33.3 Å². The summed E-state index contributed by atoms with van der Waals surface area (Å²) in [6, 6.07) is 17.0. The highest BCUT2D eigenvalue weighted by molar-refractivity contribution is 6.06. The van der Waals surface area contributed by atoms with E-state index in [0.29, 0.717) is 28.2 Å². The van der Waals surface area contributed by atoms with E-state index in [1.165, 1.54) is 6.20 Å². The Labute approximate surface area is 167 Å². The standard InChI is InChI=1S/C22H18N6O/c1-2-14-5-3-4-6-17(14)26-18-16(20(24)29)12-25-22-19(18)27-21(28-22)15-9-7-13(11-23)8-10-15/h3-10,12H,2H2,1H3,(H2,24,29)(H2,25,26,27,28). The van der Waals surface area contributed by atoms with E-state index >= 15 is 0 Å². The first-order chi connectivity index (χ1) is 14.1. The number of aromatic amines is 1. The molecule has 0 unspecified atom stereocenters. The molecule has 0 radical (unpaired) electrons. The van der Waals surface area contributed by atoms with Gasteiger partial charge in [0.25, 0.3) is 5.91 Å². The highest BCUT2D eigenvalue weighted by atomic mass is 16.1. The maximum absolute atomic E-state index is 12.0. The molecular formula is C22H18N6O. The number of fused-ring (bicyclic) bond motifs is 1. The van der Waals surface area contributed by atoms with Crippen molar-refractivity contribution >= 4 is 28.4 Å². The van der Waals surface area contributed by atoms with E-state index in [1.807, 2.05) is 36.4 Å². The summed E-state index contributed by atoms with van der Waals surface area (Å²) in [5, 5.41) is 12.3. The van der Waals surface area contributed by atoms with Crippen molar-refractivity contribution in [3.63, 3.8) is 0 Å². The van der Waals surface area contributed by atoms with Gasteiger partial charge >= 0.3 is 0 Å². The summed E-state index contributed by atoms with van der Waals surface area (Å²) in [5.74, 6) is 0.00393. The van der Waals surface area contributed by atoms with Crippen LogP contribution in [0.4, 0.5) is 11.4 Å². The van der Waals surface area contributed by atoms with Crippen molar-refractivity contribution in [1.29, 1.82) is 5.26 Å². The molecule has 1 amide bonds. The van der Waals surface area contributed by atoms with E-state index in [0.717, 1.165) is 23.2 Å².